The van der Waals surface area contributed by atoms with E-state index in [0.29, 0.717) is 12.2 Å². The molecule has 106 valence electrons. The summed E-state index contributed by atoms with van der Waals surface area (Å²) in [5.41, 5.74) is 0.140. The van der Waals surface area contributed by atoms with Gasteiger partial charge in [-0.1, -0.05) is 31.5 Å². The number of nitrogens with one attached hydrogen (secondary N) is 1. The van der Waals surface area contributed by atoms with Crippen molar-refractivity contribution in [2.45, 2.75) is 39.2 Å². The van der Waals surface area contributed by atoms with Crippen molar-refractivity contribution in [1.29, 1.82) is 0 Å². The Morgan fingerprint density at radius 1 is 1.42 bits per heavy atom. The molecule has 4 nitrogen and oxygen atoms in total. The first-order valence-corrected chi connectivity index (χ1v) is 6.62. The van der Waals surface area contributed by atoms with Gasteiger partial charge in [-0.3, -0.25) is 4.79 Å². The largest absolute Gasteiger partial charge is 0.484 e. The first-order valence-electron chi connectivity index (χ1n) is 6.62. The minimum atomic E-state index is -0.854. The zero-order valence-corrected chi connectivity index (χ0v) is 11.9. The van der Waals surface area contributed by atoms with Gasteiger partial charge < -0.3 is 15.2 Å². The summed E-state index contributed by atoms with van der Waals surface area (Å²) in [6.45, 7) is 5.86. The molecular weight excluding hydrogens is 242 g/mol. The number of ether oxygens (including phenoxy) is 1. The molecule has 0 aliphatic carbocycles. The van der Waals surface area contributed by atoms with Gasteiger partial charge in [0.1, 0.15) is 5.75 Å². The minimum Gasteiger partial charge on any atom is -0.484 e. The highest BCUT2D eigenvalue weighted by atomic mass is 16.5. The highest BCUT2D eigenvalue weighted by Gasteiger charge is 2.19. The van der Waals surface area contributed by atoms with Crippen molar-refractivity contribution in [3.63, 3.8) is 0 Å². The van der Waals surface area contributed by atoms with E-state index in [2.05, 4.69) is 5.32 Å². The molecule has 0 saturated carbocycles. The Morgan fingerprint density at radius 3 is 2.74 bits per heavy atom. The number of rotatable bonds is 7. The topological polar surface area (TPSA) is 58.6 Å². The molecule has 1 atom stereocenters. The van der Waals surface area contributed by atoms with E-state index in [4.69, 9.17) is 4.74 Å². The van der Waals surface area contributed by atoms with Crippen LogP contribution in [0, 0.1) is 6.92 Å². The predicted octanol–water partition coefficient (Wildman–Crippen LogP) is 2.04. The second-order valence-electron chi connectivity index (χ2n) is 5.08. The van der Waals surface area contributed by atoms with Gasteiger partial charge in [0.15, 0.2) is 6.61 Å². The van der Waals surface area contributed by atoms with E-state index >= 15 is 0 Å². The van der Waals surface area contributed by atoms with Gasteiger partial charge in [-0.2, -0.15) is 0 Å². The maximum atomic E-state index is 11.6. The van der Waals surface area contributed by atoms with Gasteiger partial charge in [0, 0.05) is 6.54 Å². The molecule has 0 aliphatic rings. The van der Waals surface area contributed by atoms with Crippen LogP contribution in [0.25, 0.3) is 0 Å². The average Bonchev–Trinajstić information content (AvgIpc) is 2.35. The quantitative estimate of drug-likeness (QED) is 0.793. The highest BCUT2D eigenvalue weighted by Crippen LogP contribution is 2.15. The van der Waals surface area contributed by atoms with E-state index in [9.17, 15) is 9.90 Å². The van der Waals surface area contributed by atoms with Gasteiger partial charge in [-0.05, 0) is 31.9 Å². The second kappa shape index (κ2) is 7.14. The Bertz CT molecular complexity index is 416. The molecule has 0 radical (unpaired) electrons. The molecule has 0 fully saturated rings. The number of aliphatic hydroxyl groups is 1. The summed E-state index contributed by atoms with van der Waals surface area (Å²) in [4.78, 5) is 11.6. The van der Waals surface area contributed by atoms with Crippen LogP contribution in [0.15, 0.2) is 24.3 Å². The van der Waals surface area contributed by atoms with E-state index in [1.807, 2.05) is 38.1 Å². The average molecular weight is 265 g/mol. The van der Waals surface area contributed by atoms with Crippen LogP contribution in [0.2, 0.25) is 0 Å². The molecule has 0 aliphatic heterocycles. The van der Waals surface area contributed by atoms with Gasteiger partial charge in [0.05, 0.1) is 5.60 Å². The first kappa shape index (κ1) is 15.5. The van der Waals surface area contributed by atoms with Gasteiger partial charge in [-0.25, -0.2) is 0 Å². The Hall–Kier alpha value is -1.55. The first-order chi connectivity index (χ1) is 8.94. The van der Waals surface area contributed by atoms with Crippen molar-refractivity contribution in [2.24, 2.45) is 0 Å². The summed E-state index contributed by atoms with van der Waals surface area (Å²) < 4.78 is 5.43. The van der Waals surface area contributed by atoms with Gasteiger partial charge in [0.2, 0.25) is 0 Å². The molecule has 2 N–H and O–H groups in total. The van der Waals surface area contributed by atoms with Crippen molar-refractivity contribution in [3.05, 3.63) is 29.8 Å². The Labute approximate surface area is 114 Å². The molecule has 1 unspecified atom stereocenters. The van der Waals surface area contributed by atoms with E-state index in [1.54, 1.807) is 6.92 Å². The van der Waals surface area contributed by atoms with E-state index in [0.717, 1.165) is 12.0 Å². The molecule has 19 heavy (non-hydrogen) atoms. The summed E-state index contributed by atoms with van der Waals surface area (Å²) in [6.07, 6.45) is 1.54. The van der Waals surface area contributed by atoms with E-state index in [1.165, 1.54) is 0 Å². The van der Waals surface area contributed by atoms with Crippen molar-refractivity contribution in [1.82, 2.24) is 5.32 Å². The molecule has 0 bridgehead atoms. The highest BCUT2D eigenvalue weighted by molar-refractivity contribution is 5.77. The number of amides is 1. The van der Waals surface area contributed by atoms with Crippen LogP contribution in [0.5, 0.6) is 5.75 Å². The van der Waals surface area contributed by atoms with Gasteiger partial charge in [-0.15, -0.1) is 0 Å². The zero-order chi connectivity index (χ0) is 14.3. The SMILES string of the molecule is CCCC(C)(O)CNC(=O)COc1ccccc1C. The molecule has 1 amide bonds. The van der Waals surface area contributed by atoms with Crippen LogP contribution in [-0.2, 0) is 4.79 Å². The Balaban J connectivity index is 2.35. The lowest BCUT2D eigenvalue weighted by molar-refractivity contribution is -0.124. The summed E-state index contributed by atoms with van der Waals surface area (Å²) in [5, 5.41) is 12.6. The number of carbonyl (C=O) groups is 1. The summed E-state index contributed by atoms with van der Waals surface area (Å²) >= 11 is 0. The summed E-state index contributed by atoms with van der Waals surface area (Å²) in [7, 11) is 0. The molecular formula is C15H23NO3. The zero-order valence-electron chi connectivity index (χ0n) is 11.9. The van der Waals surface area contributed by atoms with Crippen molar-refractivity contribution < 1.29 is 14.6 Å². The Kier molecular flexibility index (Phi) is 5.83. The van der Waals surface area contributed by atoms with E-state index in [-0.39, 0.29) is 19.1 Å². The molecule has 0 aromatic heterocycles. The molecule has 0 spiro atoms. The molecule has 0 saturated heterocycles. The van der Waals surface area contributed by atoms with Crippen molar-refractivity contribution >= 4 is 5.91 Å². The molecule has 1 rings (SSSR count). The molecule has 0 heterocycles. The third-order valence-corrected chi connectivity index (χ3v) is 2.91. The van der Waals surface area contributed by atoms with Crippen LogP contribution < -0.4 is 10.1 Å². The van der Waals surface area contributed by atoms with Gasteiger partial charge >= 0.3 is 0 Å². The fourth-order valence-corrected chi connectivity index (χ4v) is 1.83. The standard InChI is InChI=1S/C15H23NO3/c1-4-9-15(3,18)11-16-14(17)10-19-13-8-6-5-7-12(13)2/h5-8,18H,4,9-11H2,1-3H3,(H,16,17). The van der Waals surface area contributed by atoms with Crippen molar-refractivity contribution in [3.8, 4) is 5.75 Å². The monoisotopic (exact) mass is 265 g/mol. The molecule has 1 aromatic rings. The fourth-order valence-electron chi connectivity index (χ4n) is 1.83. The maximum absolute atomic E-state index is 11.6. The number of aryl methyl sites for hydroxylation is 1. The number of hydrogen-bond acceptors (Lipinski definition) is 3. The lowest BCUT2D eigenvalue weighted by Gasteiger charge is -2.22. The lowest BCUT2D eigenvalue weighted by Crippen LogP contribution is -2.42. The van der Waals surface area contributed by atoms with Gasteiger partial charge in [0.25, 0.3) is 5.91 Å². The number of hydrogen-bond donors (Lipinski definition) is 2. The third-order valence-electron chi connectivity index (χ3n) is 2.91. The normalized spacial score (nSPS) is 13.7. The number of carbonyl (C=O) groups excluding carboxylic acids is 1. The van der Waals surface area contributed by atoms with Crippen LogP contribution in [-0.4, -0.2) is 29.8 Å². The van der Waals surface area contributed by atoms with E-state index < -0.39 is 5.60 Å². The maximum Gasteiger partial charge on any atom is 0.258 e. The Morgan fingerprint density at radius 2 is 2.11 bits per heavy atom. The molecule has 4 heteroatoms. The summed E-state index contributed by atoms with van der Waals surface area (Å²) in [6, 6.07) is 7.55. The number of para-hydroxylation sites is 1. The predicted molar refractivity (Wildman–Crippen MR) is 75.2 cm³/mol. The molecule has 1 aromatic carbocycles. The minimum absolute atomic E-state index is 0.0347. The lowest BCUT2D eigenvalue weighted by atomic mass is 10.0. The van der Waals surface area contributed by atoms with Crippen LogP contribution in [0.1, 0.15) is 32.3 Å². The van der Waals surface area contributed by atoms with Crippen LogP contribution in [0.4, 0.5) is 0 Å². The number of benzene rings is 1. The second-order valence-corrected chi connectivity index (χ2v) is 5.08. The third kappa shape index (κ3) is 5.75. The summed E-state index contributed by atoms with van der Waals surface area (Å²) in [5.74, 6) is 0.484. The fraction of sp³-hybridized carbons (Fsp3) is 0.533. The van der Waals surface area contributed by atoms with Crippen LogP contribution >= 0.6 is 0 Å². The smallest absolute Gasteiger partial charge is 0.258 e. The van der Waals surface area contributed by atoms with Crippen molar-refractivity contribution in [2.75, 3.05) is 13.2 Å². The van der Waals surface area contributed by atoms with Crippen LogP contribution in [0.3, 0.4) is 0 Å².